The highest BCUT2D eigenvalue weighted by Crippen LogP contribution is 2.26. The molecule has 1 aromatic heterocycles. The van der Waals surface area contributed by atoms with E-state index in [0.717, 1.165) is 6.42 Å². The molecule has 0 saturated heterocycles. The molecular weight excluding hydrogens is 194 g/mol. The number of anilines is 1. The molecule has 0 unspecified atom stereocenters. The second-order valence-electron chi connectivity index (χ2n) is 4.17. The highest BCUT2D eigenvalue weighted by atomic mass is 16.4. The standard InChI is InChI=1S/C11H17NO3/c1-5-11(2,3)12(4)9-7-6-8(15-9)10(13)14/h6-7H,5H2,1-4H3,(H,13,14). The average molecular weight is 211 g/mol. The number of carboxylic acids is 1. The lowest BCUT2D eigenvalue weighted by atomic mass is 10.0. The number of carbonyl (C=O) groups is 1. The number of hydrogen-bond acceptors (Lipinski definition) is 3. The molecular formula is C11H17NO3. The first kappa shape index (κ1) is 11.6. The van der Waals surface area contributed by atoms with E-state index in [1.165, 1.54) is 6.07 Å². The Balaban J connectivity index is 2.92. The van der Waals surface area contributed by atoms with Gasteiger partial charge in [0, 0.05) is 18.7 Å². The van der Waals surface area contributed by atoms with Gasteiger partial charge in [-0.1, -0.05) is 6.92 Å². The predicted molar refractivity (Wildman–Crippen MR) is 58.4 cm³/mol. The van der Waals surface area contributed by atoms with Crippen molar-refractivity contribution < 1.29 is 14.3 Å². The summed E-state index contributed by atoms with van der Waals surface area (Å²) in [5, 5.41) is 8.73. The van der Waals surface area contributed by atoms with Crippen molar-refractivity contribution in [3.05, 3.63) is 17.9 Å². The highest BCUT2D eigenvalue weighted by Gasteiger charge is 2.24. The number of carboxylic acid groups (broad SMARTS) is 1. The smallest absolute Gasteiger partial charge is 0.371 e. The Morgan fingerprint density at radius 2 is 2.13 bits per heavy atom. The predicted octanol–water partition coefficient (Wildman–Crippen LogP) is 2.60. The second-order valence-corrected chi connectivity index (χ2v) is 4.17. The van der Waals surface area contributed by atoms with Crippen molar-refractivity contribution in [2.45, 2.75) is 32.7 Å². The molecule has 4 heteroatoms. The highest BCUT2D eigenvalue weighted by molar-refractivity contribution is 5.84. The van der Waals surface area contributed by atoms with Gasteiger partial charge >= 0.3 is 5.97 Å². The van der Waals surface area contributed by atoms with Crippen LogP contribution in [-0.2, 0) is 0 Å². The minimum absolute atomic E-state index is 0.0243. The van der Waals surface area contributed by atoms with E-state index in [2.05, 4.69) is 20.8 Å². The monoisotopic (exact) mass is 211 g/mol. The molecule has 84 valence electrons. The Morgan fingerprint density at radius 3 is 2.53 bits per heavy atom. The van der Waals surface area contributed by atoms with Crippen LogP contribution in [0.25, 0.3) is 0 Å². The topological polar surface area (TPSA) is 53.7 Å². The Labute approximate surface area is 89.5 Å². The van der Waals surface area contributed by atoms with Crippen molar-refractivity contribution in [1.29, 1.82) is 0 Å². The maximum absolute atomic E-state index is 10.6. The Kier molecular flexibility index (Phi) is 3.07. The quantitative estimate of drug-likeness (QED) is 0.831. The van der Waals surface area contributed by atoms with Crippen LogP contribution in [0.5, 0.6) is 0 Å². The molecule has 0 radical (unpaired) electrons. The average Bonchev–Trinajstić information content (AvgIpc) is 2.65. The molecule has 0 spiro atoms. The fraction of sp³-hybridized carbons (Fsp3) is 0.545. The molecule has 0 bridgehead atoms. The third-order valence-corrected chi connectivity index (χ3v) is 2.91. The van der Waals surface area contributed by atoms with E-state index >= 15 is 0 Å². The summed E-state index contributed by atoms with van der Waals surface area (Å²) < 4.78 is 5.22. The van der Waals surface area contributed by atoms with E-state index in [0.29, 0.717) is 5.88 Å². The van der Waals surface area contributed by atoms with Gasteiger partial charge in [0.1, 0.15) is 0 Å². The molecule has 0 atom stereocenters. The SMILES string of the molecule is CCC(C)(C)N(C)c1ccc(C(=O)O)o1. The van der Waals surface area contributed by atoms with E-state index in [1.54, 1.807) is 6.07 Å². The zero-order valence-corrected chi connectivity index (χ0v) is 9.57. The van der Waals surface area contributed by atoms with E-state index < -0.39 is 5.97 Å². The van der Waals surface area contributed by atoms with Crippen LogP contribution in [0.1, 0.15) is 37.7 Å². The van der Waals surface area contributed by atoms with Crippen molar-refractivity contribution in [3.8, 4) is 0 Å². The van der Waals surface area contributed by atoms with Crippen LogP contribution in [0.15, 0.2) is 16.5 Å². The van der Waals surface area contributed by atoms with Gasteiger partial charge in [0.25, 0.3) is 0 Å². The van der Waals surface area contributed by atoms with Gasteiger partial charge in [-0.3, -0.25) is 0 Å². The molecule has 1 heterocycles. The zero-order valence-electron chi connectivity index (χ0n) is 9.57. The van der Waals surface area contributed by atoms with Gasteiger partial charge in [0.15, 0.2) is 5.88 Å². The first-order valence-electron chi connectivity index (χ1n) is 4.95. The molecule has 0 aliphatic rings. The summed E-state index contributed by atoms with van der Waals surface area (Å²) in [5.74, 6) is -0.480. The van der Waals surface area contributed by atoms with Gasteiger partial charge < -0.3 is 14.4 Å². The summed E-state index contributed by atoms with van der Waals surface area (Å²) in [6.45, 7) is 6.24. The molecule has 0 amide bonds. The summed E-state index contributed by atoms with van der Waals surface area (Å²) in [5.41, 5.74) is -0.0480. The van der Waals surface area contributed by atoms with Crippen LogP contribution >= 0.6 is 0 Å². The number of hydrogen-bond donors (Lipinski definition) is 1. The molecule has 1 aromatic rings. The number of aromatic carboxylic acids is 1. The Bertz CT molecular complexity index is 354. The molecule has 0 aliphatic carbocycles. The third kappa shape index (κ3) is 2.32. The minimum Gasteiger partial charge on any atom is -0.475 e. The lowest BCUT2D eigenvalue weighted by Gasteiger charge is -2.34. The van der Waals surface area contributed by atoms with Gasteiger partial charge in [-0.2, -0.15) is 0 Å². The largest absolute Gasteiger partial charge is 0.475 e. The van der Waals surface area contributed by atoms with E-state index in [9.17, 15) is 4.79 Å². The fourth-order valence-electron chi connectivity index (χ4n) is 1.16. The van der Waals surface area contributed by atoms with Gasteiger partial charge in [0.05, 0.1) is 0 Å². The van der Waals surface area contributed by atoms with Crippen LogP contribution in [0.4, 0.5) is 5.88 Å². The van der Waals surface area contributed by atoms with Crippen molar-refractivity contribution in [3.63, 3.8) is 0 Å². The number of nitrogens with zero attached hydrogens (tertiary/aromatic N) is 1. The summed E-state index contributed by atoms with van der Waals surface area (Å²) in [6, 6.07) is 3.15. The Hall–Kier alpha value is -1.45. The third-order valence-electron chi connectivity index (χ3n) is 2.91. The van der Waals surface area contributed by atoms with Crippen LogP contribution in [0.2, 0.25) is 0 Å². The summed E-state index contributed by atoms with van der Waals surface area (Å²) >= 11 is 0. The minimum atomic E-state index is -1.04. The molecule has 0 fully saturated rings. The van der Waals surface area contributed by atoms with Gasteiger partial charge in [0.2, 0.25) is 5.76 Å². The molecule has 1 rings (SSSR count). The van der Waals surface area contributed by atoms with E-state index in [1.807, 2.05) is 11.9 Å². The summed E-state index contributed by atoms with van der Waals surface area (Å²) in [7, 11) is 1.90. The van der Waals surface area contributed by atoms with E-state index in [-0.39, 0.29) is 11.3 Å². The van der Waals surface area contributed by atoms with Crippen molar-refractivity contribution in [1.82, 2.24) is 0 Å². The molecule has 4 nitrogen and oxygen atoms in total. The lowest BCUT2D eigenvalue weighted by Crippen LogP contribution is -2.40. The molecule has 0 aliphatic heterocycles. The van der Waals surface area contributed by atoms with Crippen molar-refractivity contribution >= 4 is 11.9 Å². The Morgan fingerprint density at radius 1 is 1.53 bits per heavy atom. The molecule has 1 N–H and O–H groups in total. The van der Waals surface area contributed by atoms with Crippen LogP contribution in [-0.4, -0.2) is 23.7 Å². The van der Waals surface area contributed by atoms with Gasteiger partial charge in [-0.25, -0.2) is 4.79 Å². The number of furan rings is 1. The number of rotatable bonds is 4. The molecule has 0 saturated carbocycles. The zero-order chi connectivity index (χ0) is 11.6. The normalized spacial score (nSPS) is 11.5. The first-order valence-corrected chi connectivity index (χ1v) is 4.95. The van der Waals surface area contributed by atoms with Crippen LogP contribution in [0.3, 0.4) is 0 Å². The molecule has 0 aromatic carbocycles. The maximum Gasteiger partial charge on any atom is 0.371 e. The second kappa shape index (κ2) is 3.96. The van der Waals surface area contributed by atoms with Crippen LogP contribution in [0, 0.1) is 0 Å². The summed E-state index contributed by atoms with van der Waals surface area (Å²) in [4.78, 5) is 12.6. The van der Waals surface area contributed by atoms with Gasteiger partial charge in [-0.05, 0) is 26.3 Å². The van der Waals surface area contributed by atoms with Crippen molar-refractivity contribution in [2.24, 2.45) is 0 Å². The van der Waals surface area contributed by atoms with E-state index in [4.69, 9.17) is 9.52 Å². The van der Waals surface area contributed by atoms with Gasteiger partial charge in [-0.15, -0.1) is 0 Å². The van der Waals surface area contributed by atoms with Crippen molar-refractivity contribution in [2.75, 3.05) is 11.9 Å². The maximum atomic E-state index is 10.6. The molecule has 15 heavy (non-hydrogen) atoms. The lowest BCUT2D eigenvalue weighted by molar-refractivity contribution is 0.0662. The fourth-order valence-corrected chi connectivity index (χ4v) is 1.16. The summed E-state index contributed by atoms with van der Waals surface area (Å²) in [6.07, 6.45) is 0.951. The first-order chi connectivity index (χ1) is 6.88. The van der Waals surface area contributed by atoms with Crippen LogP contribution < -0.4 is 4.90 Å².